The second kappa shape index (κ2) is 6.41. The molecule has 0 unspecified atom stereocenters. The first-order valence-corrected chi connectivity index (χ1v) is 6.65. The SMILES string of the molecule is COc1ccc(CN)cc1Cn1ncc(N(C)C)cc1=O. The van der Waals surface area contributed by atoms with Crippen molar-refractivity contribution in [2.45, 2.75) is 13.1 Å². The lowest BCUT2D eigenvalue weighted by atomic mass is 10.1. The highest BCUT2D eigenvalue weighted by molar-refractivity contribution is 5.41. The summed E-state index contributed by atoms with van der Waals surface area (Å²) in [6.45, 7) is 0.794. The van der Waals surface area contributed by atoms with E-state index in [1.807, 2.05) is 37.2 Å². The van der Waals surface area contributed by atoms with Crippen LogP contribution in [-0.2, 0) is 13.1 Å². The number of rotatable bonds is 5. The third-order valence-electron chi connectivity index (χ3n) is 3.27. The Morgan fingerprint density at radius 2 is 2.10 bits per heavy atom. The van der Waals surface area contributed by atoms with Gasteiger partial charge in [0, 0.05) is 32.3 Å². The molecule has 0 aliphatic carbocycles. The van der Waals surface area contributed by atoms with Gasteiger partial charge in [0.15, 0.2) is 0 Å². The number of aromatic nitrogens is 2. The number of nitrogens with two attached hydrogens (primary N) is 1. The van der Waals surface area contributed by atoms with Crippen molar-refractivity contribution in [1.29, 1.82) is 0 Å². The fraction of sp³-hybridized carbons (Fsp3) is 0.333. The number of ether oxygens (including phenoxy) is 1. The van der Waals surface area contributed by atoms with Crippen molar-refractivity contribution in [2.75, 3.05) is 26.1 Å². The largest absolute Gasteiger partial charge is 0.496 e. The predicted octanol–water partition coefficient (Wildman–Crippen LogP) is 0.825. The van der Waals surface area contributed by atoms with Crippen LogP contribution in [-0.4, -0.2) is 31.0 Å². The average Bonchev–Trinajstić information content (AvgIpc) is 2.49. The molecule has 6 nitrogen and oxygen atoms in total. The third-order valence-corrected chi connectivity index (χ3v) is 3.27. The predicted molar refractivity (Wildman–Crippen MR) is 82.8 cm³/mol. The number of methoxy groups -OCH3 is 1. The number of benzene rings is 1. The monoisotopic (exact) mass is 288 g/mol. The normalized spacial score (nSPS) is 10.5. The lowest BCUT2D eigenvalue weighted by Crippen LogP contribution is -2.24. The van der Waals surface area contributed by atoms with Crippen LogP contribution in [0.1, 0.15) is 11.1 Å². The van der Waals surface area contributed by atoms with Crippen LogP contribution in [0.4, 0.5) is 5.69 Å². The first-order valence-electron chi connectivity index (χ1n) is 6.65. The summed E-state index contributed by atoms with van der Waals surface area (Å²) in [7, 11) is 5.34. The Morgan fingerprint density at radius 3 is 2.67 bits per heavy atom. The van der Waals surface area contributed by atoms with Gasteiger partial charge in [0.25, 0.3) is 5.56 Å². The molecular formula is C15H20N4O2. The van der Waals surface area contributed by atoms with E-state index in [2.05, 4.69) is 5.10 Å². The molecule has 0 amide bonds. The van der Waals surface area contributed by atoms with Gasteiger partial charge in [-0.25, -0.2) is 4.68 Å². The number of hydrogen-bond acceptors (Lipinski definition) is 5. The molecule has 0 radical (unpaired) electrons. The Labute approximate surface area is 123 Å². The van der Waals surface area contributed by atoms with Gasteiger partial charge in [0.1, 0.15) is 5.75 Å². The van der Waals surface area contributed by atoms with Gasteiger partial charge >= 0.3 is 0 Å². The second-order valence-electron chi connectivity index (χ2n) is 4.95. The number of hydrogen-bond donors (Lipinski definition) is 1. The van der Waals surface area contributed by atoms with Gasteiger partial charge in [0.2, 0.25) is 0 Å². The van der Waals surface area contributed by atoms with Crippen molar-refractivity contribution < 1.29 is 4.74 Å². The summed E-state index contributed by atoms with van der Waals surface area (Å²) in [6.07, 6.45) is 1.67. The van der Waals surface area contributed by atoms with Crippen LogP contribution in [0.3, 0.4) is 0 Å². The molecule has 0 atom stereocenters. The van der Waals surface area contributed by atoms with E-state index in [1.165, 1.54) is 4.68 Å². The Morgan fingerprint density at radius 1 is 1.33 bits per heavy atom. The molecule has 0 aliphatic heterocycles. The molecule has 2 rings (SSSR count). The van der Waals surface area contributed by atoms with E-state index < -0.39 is 0 Å². The summed E-state index contributed by atoms with van der Waals surface area (Å²) >= 11 is 0. The highest BCUT2D eigenvalue weighted by Gasteiger charge is 2.08. The van der Waals surface area contributed by atoms with E-state index in [0.29, 0.717) is 13.1 Å². The standard InChI is InChI=1S/C15H20N4O2/c1-18(2)13-7-15(20)19(17-9-13)10-12-6-11(8-16)4-5-14(12)21-3/h4-7,9H,8,10,16H2,1-3H3. The Balaban J connectivity index is 2.35. The summed E-state index contributed by atoms with van der Waals surface area (Å²) in [5.41, 5.74) is 8.15. The van der Waals surface area contributed by atoms with Gasteiger partial charge in [-0.15, -0.1) is 0 Å². The van der Waals surface area contributed by atoms with Crippen LogP contribution < -0.4 is 20.9 Å². The van der Waals surface area contributed by atoms with Crippen LogP contribution in [0.25, 0.3) is 0 Å². The lowest BCUT2D eigenvalue weighted by molar-refractivity contribution is 0.406. The van der Waals surface area contributed by atoms with Crippen molar-refractivity contribution >= 4 is 5.69 Å². The molecule has 0 saturated heterocycles. The smallest absolute Gasteiger partial charge is 0.269 e. The molecule has 0 saturated carbocycles. The molecule has 1 aromatic heterocycles. The quantitative estimate of drug-likeness (QED) is 0.882. The molecule has 2 N–H and O–H groups in total. The van der Waals surface area contributed by atoms with Crippen LogP contribution in [0.15, 0.2) is 35.3 Å². The van der Waals surface area contributed by atoms with E-state index in [1.54, 1.807) is 19.4 Å². The van der Waals surface area contributed by atoms with Gasteiger partial charge in [-0.05, 0) is 17.7 Å². The topological polar surface area (TPSA) is 73.4 Å². The molecule has 1 aromatic carbocycles. The Bertz CT molecular complexity index is 680. The first-order chi connectivity index (χ1) is 10.0. The molecule has 6 heteroatoms. The van der Waals surface area contributed by atoms with Gasteiger partial charge in [-0.3, -0.25) is 4.79 Å². The maximum Gasteiger partial charge on any atom is 0.269 e. The van der Waals surface area contributed by atoms with E-state index >= 15 is 0 Å². The first kappa shape index (κ1) is 15.1. The maximum absolute atomic E-state index is 12.1. The summed E-state index contributed by atoms with van der Waals surface area (Å²) in [5.74, 6) is 0.720. The van der Waals surface area contributed by atoms with E-state index in [-0.39, 0.29) is 5.56 Å². The minimum atomic E-state index is -0.151. The minimum absolute atomic E-state index is 0.151. The maximum atomic E-state index is 12.1. The van der Waals surface area contributed by atoms with Crippen molar-refractivity contribution in [2.24, 2.45) is 5.73 Å². The molecule has 2 aromatic rings. The number of nitrogens with zero attached hydrogens (tertiary/aromatic N) is 3. The van der Waals surface area contributed by atoms with E-state index in [0.717, 1.165) is 22.6 Å². The lowest BCUT2D eigenvalue weighted by Gasteiger charge is -2.14. The fourth-order valence-corrected chi connectivity index (χ4v) is 2.03. The van der Waals surface area contributed by atoms with Gasteiger partial charge in [0.05, 0.1) is 25.5 Å². The Hall–Kier alpha value is -2.34. The van der Waals surface area contributed by atoms with E-state index in [9.17, 15) is 4.79 Å². The van der Waals surface area contributed by atoms with Gasteiger partial charge < -0.3 is 15.4 Å². The summed E-state index contributed by atoms with van der Waals surface area (Å²) < 4.78 is 6.73. The Kier molecular flexibility index (Phi) is 4.59. The molecule has 0 aliphatic rings. The van der Waals surface area contributed by atoms with Crippen LogP contribution in [0.2, 0.25) is 0 Å². The van der Waals surface area contributed by atoms with Crippen LogP contribution >= 0.6 is 0 Å². The minimum Gasteiger partial charge on any atom is -0.496 e. The van der Waals surface area contributed by atoms with E-state index in [4.69, 9.17) is 10.5 Å². The zero-order valence-electron chi connectivity index (χ0n) is 12.5. The highest BCUT2D eigenvalue weighted by atomic mass is 16.5. The number of anilines is 1. The van der Waals surface area contributed by atoms with Gasteiger partial charge in [-0.1, -0.05) is 6.07 Å². The zero-order chi connectivity index (χ0) is 15.4. The van der Waals surface area contributed by atoms with Crippen LogP contribution in [0.5, 0.6) is 5.75 Å². The van der Waals surface area contributed by atoms with Crippen LogP contribution in [0, 0.1) is 0 Å². The van der Waals surface area contributed by atoms with Crippen molar-refractivity contribution in [3.8, 4) is 5.75 Å². The summed E-state index contributed by atoms with van der Waals surface area (Å²) in [5, 5.41) is 4.20. The van der Waals surface area contributed by atoms with Crippen molar-refractivity contribution in [3.63, 3.8) is 0 Å². The molecule has 1 heterocycles. The highest BCUT2D eigenvalue weighted by Crippen LogP contribution is 2.20. The molecule has 0 fully saturated rings. The summed E-state index contributed by atoms with van der Waals surface area (Å²) in [4.78, 5) is 14.0. The average molecular weight is 288 g/mol. The summed E-state index contributed by atoms with van der Waals surface area (Å²) in [6, 6.07) is 7.27. The van der Waals surface area contributed by atoms with Crippen molar-refractivity contribution in [1.82, 2.24) is 9.78 Å². The van der Waals surface area contributed by atoms with Crippen molar-refractivity contribution in [3.05, 3.63) is 51.9 Å². The van der Waals surface area contributed by atoms with Gasteiger partial charge in [-0.2, -0.15) is 5.10 Å². The molecule has 0 bridgehead atoms. The molecule has 0 spiro atoms. The molecular weight excluding hydrogens is 268 g/mol. The third kappa shape index (κ3) is 3.41. The molecule has 21 heavy (non-hydrogen) atoms. The molecule has 112 valence electrons. The fourth-order valence-electron chi connectivity index (χ4n) is 2.03. The second-order valence-corrected chi connectivity index (χ2v) is 4.95. The zero-order valence-corrected chi connectivity index (χ0v) is 12.5.